The van der Waals surface area contributed by atoms with Gasteiger partial charge >= 0.3 is 5.97 Å². The molecule has 0 aliphatic carbocycles. The van der Waals surface area contributed by atoms with Gasteiger partial charge in [0.1, 0.15) is 0 Å². The van der Waals surface area contributed by atoms with Gasteiger partial charge in [-0.1, -0.05) is 12.2 Å². The second-order valence-corrected chi connectivity index (χ2v) is 3.20. The van der Waals surface area contributed by atoms with Crippen molar-refractivity contribution in [2.24, 2.45) is 5.41 Å². The summed E-state index contributed by atoms with van der Waals surface area (Å²) in [6.45, 7) is 9.11. The lowest BCUT2D eigenvalue weighted by atomic mass is 9.79. The van der Waals surface area contributed by atoms with E-state index in [0.717, 1.165) is 0 Å². The molecule has 3 nitrogen and oxygen atoms in total. The molecule has 1 atom stereocenters. The third kappa shape index (κ3) is 2.69. The first-order valence-electron chi connectivity index (χ1n) is 4.91. The molecule has 0 saturated heterocycles. The molecule has 0 aromatic heterocycles. The standard InChI is InChI=1S/C12H17NO2/c1-5-8-12(9-13,10(4)6-2)11(14)15-7-3/h5-6H,1,7-8H2,2-4H3/b10-6-/t12-/m0/s1. The van der Waals surface area contributed by atoms with Crippen molar-refractivity contribution in [2.45, 2.75) is 27.2 Å². The Kier molecular flexibility index (Phi) is 5.40. The molecule has 0 rings (SSSR count). The maximum atomic E-state index is 11.8. The average molecular weight is 207 g/mol. The zero-order valence-corrected chi connectivity index (χ0v) is 9.54. The largest absolute Gasteiger partial charge is 0.465 e. The quantitative estimate of drug-likeness (QED) is 0.514. The van der Waals surface area contributed by atoms with E-state index in [-0.39, 0.29) is 13.0 Å². The first kappa shape index (κ1) is 13.4. The number of carbonyl (C=O) groups is 1. The lowest BCUT2D eigenvalue weighted by molar-refractivity contribution is -0.149. The molecule has 0 aromatic carbocycles. The maximum Gasteiger partial charge on any atom is 0.331 e. The smallest absolute Gasteiger partial charge is 0.331 e. The van der Waals surface area contributed by atoms with Crippen molar-refractivity contribution < 1.29 is 9.53 Å². The lowest BCUT2D eigenvalue weighted by Crippen LogP contribution is -2.32. The number of hydrogen-bond donors (Lipinski definition) is 0. The number of ether oxygens (including phenoxy) is 1. The highest BCUT2D eigenvalue weighted by Crippen LogP contribution is 2.32. The molecule has 0 fully saturated rings. The Morgan fingerprint density at radius 2 is 2.27 bits per heavy atom. The van der Waals surface area contributed by atoms with Crippen molar-refractivity contribution in [3.05, 3.63) is 24.3 Å². The van der Waals surface area contributed by atoms with Crippen LogP contribution in [0.15, 0.2) is 24.3 Å². The molecule has 0 aliphatic heterocycles. The Balaban J connectivity index is 5.26. The monoisotopic (exact) mass is 207 g/mol. The molecule has 0 N–H and O–H groups in total. The summed E-state index contributed by atoms with van der Waals surface area (Å²) in [6.07, 6.45) is 3.59. The van der Waals surface area contributed by atoms with Gasteiger partial charge in [0.15, 0.2) is 5.41 Å². The van der Waals surface area contributed by atoms with E-state index >= 15 is 0 Å². The van der Waals surface area contributed by atoms with Crippen molar-refractivity contribution in [1.29, 1.82) is 5.26 Å². The highest BCUT2D eigenvalue weighted by molar-refractivity contribution is 5.84. The summed E-state index contributed by atoms with van der Waals surface area (Å²) in [5.41, 5.74) is -0.504. The van der Waals surface area contributed by atoms with Crippen LogP contribution in [0.1, 0.15) is 27.2 Å². The number of nitriles is 1. The van der Waals surface area contributed by atoms with E-state index in [1.54, 1.807) is 32.9 Å². The zero-order chi connectivity index (χ0) is 11.9. The van der Waals surface area contributed by atoms with Gasteiger partial charge in [0.25, 0.3) is 0 Å². The van der Waals surface area contributed by atoms with Gasteiger partial charge in [-0.15, -0.1) is 6.58 Å². The van der Waals surface area contributed by atoms with E-state index in [1.165, 1.54) is 0 Å². The molecule has 82 valence electrons. The minimum atomic E-state index is -1.20. The van der Waals surface area contributed by atoms with Crippen LogP contribution in [0.25, 0.3) is 0 Å². The summed E-state index contributed by atoms with van der Waals surface area (Å²) in [7, 11) is 0. The Morgan fingerprint density at radius 3 is 2.60 bits per heavy atom. The summed E-state index contributed by atoms with van der Waals surface area (Å²) in [6, 6.07) is 2.04. The zero-order valence-electron chi connectivity index (χ0n) is 9.54. The van der Waals surface area contributed by atoms with E-state index in [2.05, 4.69) is 6.58 Å². The van der Waals surface area contributed by atoms with Gasteiger partial charge in [0.05, 0.1) is 12.7 Å². The topological polar surface area (TPSA) is 50.1 Å². The SMILES string of the molecule is C=CC[C@@](C#N)(C(=O)OCC)/C(C)=C\C. The van der Waals surface area contributed by atoms with Crippen LogP contribution in [0.2, 0.25) is 0 Å². The predicted octanol–water partition coefficient (Wildman–Crippen LogP) is 2.60. The molecular formula is C12H17NO2. The fourth-order valence-corrected chi connectivity index (χ4v) is 1.30. The van der Waals surface area contributed by atoms with Gasteiger partial charge in [0, 0.05) is 0 Å². The van der Waals surface area contributed by atoms with E-state index in [9.17, 15) is 4.79 Å². The molecule has 0 aromatic rings. The van der Waals surface area contributed by atoms with Gasteiger partial charge in [0.2, 0.25) is 0 Å². The Labute approximate surface area is 91.0 Å². The van der Waals surface area contributed by atoms with E-state index in [1.807, 2.05) is 6.07 Å². The summed E-state index contributed by atoms with van der Waals surface area (Å²) >= 11 is 0. The molecular weight excluding hydrogens is 190 g/mol. The van der Waals surface area contributed by atoms with Crippen LogP contribution in [0.4, 0.5) is 0 Å². The van der Waals surface area contributed by atoms with Crippen LogP contribution in [-0.4, -0.2) is 12.6 Å². The van der Waals surface area contributed by atoms with E-state index in [4.69, 9.17) is 10.00 Å². The molecule has 0 amide bonds. The number of carbonyl (C=O) groups excluding carboxylic acids is 1. The van der Waals surface area contributed by atoms with Gasteiger partial charge < -0.3 is 4.74 Å². The summed E-state index contributed by atoms with van der Waals surface area (Å²) in [4.78, 5) is 11.8. The van der Waals surface area contributed by atoms with Crippen molar-refractivity contribution >= 4 is 5.97 Å². The van der Waals surface area contributed by atoms with Gasteiger partial charge in [-0.05, 0) is 32.8 Å². The van der Waals surface area contributed by atoms with Crippen molar-refractivity contribution in [1.82, 2.24) is 0 Å². The highest BCUT2D eigenvalue weighted by atomic mass is 16.5. The molecule has 0 bridgehead atoms. The summed E-state index contributed by atoms with van der Waals surface area (Å²) in [5.74, 6) is -0.497. The average Bonchev–Trinajstić information content (AvgIpc) is 2.25. The Morgan fingerprint density at radius 1 is 1.67 bits per heavy atom. The molecule has 15 heavy (non-hydrogen) atoms. The third-order valence-corrected chi connectivity index (χ3v) is 2.37. The molecule has 0 saturated carbocycles. The predicted molar refractivity (Wildman–Crippen MR) is 58.9 cm³/mol. The van der Waals surface area contributed by atoms with Crippen LogP contribution in [0, 0.1) is 16.7 Å². The Bertz CT molecular complexity index is 312. The third-order valence-electron chi connectivity index (χ3n) is 2.37. The molecule has 0 heterocycles. The highest BCUT2D eigenvalue weighted by Gasteiger charge is 2.40. The molecule has 0 spiro atoms. The van der Waals surface area contributed by atoms with Crippen molar-refractivity contribution in [3.63, 3.8) is 0 Å². The van der Waals surface area contributed by atoms with Crippen LogP contribution < -0.4 is 0 Å². The normalized spacial score (nSPS) is 14.9. The van der Waals surface area contributed by atoms with Crippen molar-refractivity contribution in [2.75, 3.05) is 6.61 Å². The Hall–Kier alpha value is -1.56. The van der Waals surface area contributed by atoms with Crippen LogP contribution in [0.3, 0.4) is 0 Å². The fourth-order valence-electron chi connectivity index (χ4n) is 1.30. The van der Waals surface area contributed by atoms with E-state index in [0.29, 0.717) is 5.57 Å². The van der Waals surface area contributed by atoms with Crippen molar-refractivity contribution in [3.8, 4) is 6.07 Å². The minimum absolute atomic E-state index is 0.274. The number of rotatable bonds is 5. The first-order valence-corrected chi connectivity index (χ1v) is 4.91. The summed E-state index contributed by atoms with van der Waals surface area (Å²) in [5, 5.41) is 9.17. The minimum Gasteiger partial charge on any atom is -0.465 e. The summed E-state index contributed by atoms with van der Waals surface area (Å²) < 4.78 is 4.92. The van der Waals surface area contributed by atoms with Crippen LogP contribution in [0.5, 0.6) is 0 Å². The molecule has 3 heteroatoms. The lowest BCUT2D eigenvalue weighted by Gasteiger charge is -2.23. The first-order chi connectivity index (χ1) is 7.08. The van der Waals surface area contributed by atoms with E-state index < -0.39 is 11.4 Å². The van der Waals surface area contributed by atoms with Gasteiger partial charge in [-0.2, -0.15) is 5.26 Å². The number of allylic oxidation sites excluding steroid dienone is 2. The second kappa shape index (κ2) is 6.02. The number of esters is 1. The molecule has 0 radical (unpaired) electrons. The molecule has 0 aliphatic rings. The fraction of sp³-hybridized carbons (Fsp3) is 0.500. The van der Waals surface area contributed by atoms with Crippen LogP contribution >= 0.6 is 0 Å². The van der Waals surface area contributed by atoms with Gasteiger partial charge in [-0.3, -0.25) is 0 Å². The van der Waals surface area contributed by atoms with Gasteiger partial charge in [-0.25, -0.2) is 4.79 Å². The van der Waals surface area contributed by atoms with Crippen LogP contribution in [-0.2, 0) is 9.53 Å². The number of hydrogen-bond acceptors (Lipinski definition) is 3. The second-order valence-electron chi connectivity index (χ2n) is 3.20. The number of nitrogens with zero attached hydrogens (tertiary/aromatic N) is 1. The molecule has 0 unspecified atom stereocenters. The maximum absolute atomic E-state index is 11.8.